The Bertz CT molecular complexity index is 465. The molecule has 1 aromatic carbocycles. The van der Waals surface area contributed by atoms with Crippen LogP contribution in [0.15, 0.2) is 29.7 Å². The summed E-state index contributed by atoms with van der Waals surface area (Å²) in [5.41, 5.74) is 0.402. The molecule has 0 amide bonds. The van der Waals surface area contributed by atoms with Gasteiger partial charge < -0.3 is 4.74 Å². The molecule has 0 aliphatic heterocycles. The highest BCUT2D eigenvalue weighted by molar-refractivity contribution is 7.89. The Hall–Kier alpha value is -1.07. The average molecular weight is 251 g/mol. The molecule has 1 rings (SSSR count). The highest BCUT2D eigenvalue weighted by atomic mass is 35.5. The lowest BCUT2D eigenvalue weighted by molar-refractivity contribution is 0.415. The van der Waals surface area contributed by atoms with Crippen molar-refractivity contribution in [1.82, 2.24) is 0 Å². The van der Waals surface area contributed by atoms with Crippen LogP contribution in [-0.4, -0.2) is 15.5 Å². The van der Waals surface area contributed by atoms with Crippen LogP contribution in [0.3, 0.4) is 0 Å². The van der Waals surface area contributed by atoms with E-state index < -0.39 is 10.2 Å². The van der Waals surface area contributed by atoms with Crippen LogP contribution in [-0.2, 0) is 10.2 Å². The SMILES string of the molecule is COc1ccc(/C(Cl)=C\S(=O)(=O)F)cc1. The number of methoxy groups -OCH3 is 1. The number of hydrogen-bond donors (Lipinski definition) is 0. The molecule has 15 heavy (non-hydrogen) atoms. The van der Waals surface area contributed by atoms with Gasteiger partial charge in [0, 0.05) is 0 Å². The zero-order valence-corrected chi connectivity index (χ0v) is 9.35. The average Bonchev–Trinajstić information content (AvgIpc) is 2.15. The summed E-state index contributed by atoms with van der Waals surface area (Å²) in [6, 6.07) is 6.25. The molecule has 0 fully saturated rings. The fraction of sp³-hybridized carbons (Fsp3) is 0.111. The minimum atomic E-state index is -4.71. The van der Waals surface area contributed by atoms with E-state index in [1.165, 1.54) is 19.2 Å². The molecule has 0 aliphatic rings. The quantitative estimate of drug-likeness (QED) is 0.775. The Morgan fingerprint density at radius 3 is 2.33 bits per heavy atom. The van der Waals surface area contributed by atoms with E-state index in [0.717, 1.165) is 0 Å². The fourth-order valence-corrected chi connectivity index (χ4v) is 1.77. The van der Waals surface area contributed by atoms with Gasteiger partial charge in [-0.1, -0.05) is 11.6 Å². The maximum atomic E-state index is 12.3. The van der Waals surface area contributed by atoms with Gasteiger partial charge in [-0.2, -0.15) is 8.42 Å². The molecule has 0 bridgehead atoms. The smallest absolute Gasteiger partial charge is 0.326 e. The fourth-order valence-electron chi connectivity index (χ4n) is 0.942. The van der Waals surface area contributed by atoms with Crippen molar-refractivity contribution in [3.63, 3.8) is 0 Å². The van der Waals surface area contributed by atoms with Gasteiger partial charge in [0.1, 0.15) is 5.75 Å². The van der Waals surface area contributed by atoms with Crippen LogP contribution in [0, 0.1) is 0 Å². The number of benzene rings is 1. The first kappa shape index (κ1) is 12.0. The van der Waals surface area contributed by atoms with Gasteiger partial charge in [-0.25, -0.2) is 0 Å². The van der Waals surface area contributed by atoms with E-state index in [1.54, 1.807) is 12.1 Å². The Labute approximate surface area is 92.3 Å². The summed E-state index contributed by atoms with van der Waals surface area (Å²) < 4.78 is 37.7. The van der Waals surface area contributed by atoms with Crippen molar-refractivity contribution >= 4 is 26.9 Å². The topological polar surface area (TPSA) is 43.4 Å². The second kappa shape index (κ2) is 4.63. The Balaban J connectivity index is 3.02. The molecule has 0 saturated carbocycles. The predicted octanol–water partition coefficient (Wildman–Crippen LogP) is 2.53. The highest BCUT2D eigenvalue weighted by Crippen LogP contribution is 2.22. The van der Waals surface area contributed by atoms with Gasteiger partial charge in [-0.3, -0.25) is 0 Å². The van der Waals surface area contributed by atoms with Crippen molar-refractivity contribution in [2.24, 2.45) is 0 Å². The summed E-state index contributed by atoms with van der Waals surface area (Å²) in [6.45, 7) is 0. The summed E-state index contributed by atoms with van der Waals surface area (Å²) >= 11 is 5.59. The molecule has 0 saturated heterocycles. The van der Waals surface area contributed by atoms with Crippen LogP contribution in [0.25, 0.3) is 5.03 Å². The first-order chi connectivity index (χ1) is 6.92. The first-order valence-electron chi connectivity index (χ1n) is 3.88. The van der Waals surface area contributed by atoms with Crippen LogP contribution in [0.2, 0.25) is 0 Å². The monoisotopic (exact) mass is 250 g/mol. The van der Waals surface area contributed by atoms with Crippen molar-refractivity contribution < 1.29 is 17.0 Å². The zero-order chi connectivity index (χ0) is 11.5. The predicted molar refractivity (Wildman–Crippen MR) is 56.9 cm³/mol. The minimum Gasteiger partial charge on any atom is -0.497 e. The first-order valence-corrected chi connectivity index (χ1v) is 5.71. The molecule has 0 unspecified atom stereocenters. The van der Waals surface area contributed by atoms with E-state index in [0.29, 0.717) is 16.7 Å². The molecule has 0 atom stereocenters. The molecule has 6 heteroatoms. The van der Waals surface area contributed by atoms with E-state index in [2.05, 4.69) is 0 Å². The molecule has 0 radical (unpaired) electrons. The molecule has 3 nitrogen and oxygen atoms in total. The third kappa shape index (κ3) is 3.89. The van der Waals surface area contributed by atoms with Crippen molar-refractivity contribution in [2.75, 3.05) is 7.11 Å². The second-order valence-corrected chi connectivity index (χ2v) is 4.26. The van der Waals surface area contributed by atoms with E-state index in [1.807, 2.05) is 0 Å². The lowest BCUT2D eigenvalue weighted by Gasteiger charge is -2.01. The van der Waals surface area contributed by atoms with Crippen molar-refractivity contribution in [1.29, 1.82) is 0 Å². The standard InChI is InChI=1S/C9H8ClFO3S/c1-14-8-4-2-7(3-5-8)9(10)6-15(11,12)13/h2-6H,1H3/b9-6+. The maximum absolute atomic E-state index is 12.3. The normalized spacial score (nSPS) is 12.6. The molecule has 0 N–H and O–H groups in total. The lowest BCUT2D eigenvalue weighted by Crippen LogP contribution is -1.86. The number of rotatable bonds is 3. The summed E-state index contributed by atoms with van der Waals surface area (Å²) in [5.74, 6) is 0.603. The van der Waals surface area contributed by atoms with Crippen molar-refractivity contribution in [3.8, 4) is 5.75 Å². The molecule has 82 valence electrons. The minimum absolute atomic E-state index is 0.180. The molecule has 0 spiro atoms. The molecular formula is C9H8ClFO3S. The maximum Gasteiger partial charge on any atom is 0.326 e. The summed E-state index contributed by atoms with van der Waals surface area (Å²) in [5, 5.41) is 0.177. The molecule has 1 aromatic rings. The van der Waals surface area contributed by atoms with E-state index >= 15 is 0 Å². The Morgan fingerprint density at radius 2 is 1.93 bits per heavy atom. The van der Waals surface area contributed by atoms with Crippen molar-refractivity contribution in [2.45, 2.75) is 0 Å². The second-order valence-electron chi connectivity index (χ2n) is 2.67. The Morgan fingerprint density at radius 1 is 1.40 bits per heavy atom. The van der Waals surface area contributed by atoms with Gasteiger partial charge in [0.05, 0.1) is 17.6 Å². The van der Waals surface area contributed by atoms with Crippen LogP contribution in [0.5, 0.6) is 5.75 Å². The van der Waals surface area contributed by atoms with Gasteiger partial charge in [-0.05, 0) is 29.8 Å². The summed E-state index contributed by atoms with van der Waals surface area (Å²) in [6.07, 6.45) is 0. The van der Waals surface area contributed by atoms with E-state index in [9.17, 15) is 12.3 Å². The van der Waals surface area contributed by atoms with Gasteiger partial charge >= 0.3 is 10.2 Å². The van der Waals surface area contributed by atoms with Gasteiger partial charge in [0.15, 0.2) is 0 Å². The summed E-state index contributed by atoms with van der Waals surface area (Å²) in [4.78, 5) is 0. The van der Waals surface area contributed by atoms with Gasteiger partial charge in [0.2, 0.25) is 0 Å². The van der Waals surface area contributed by atoms with Crippen LogP contribution >= 0.6 is 11.6 Å². The van der Waals surface area contributed by atoms with E-state index in [-0.39, 0.29) is 5.03 Å². The molecule has 0 aliphatic carbocycles. The van der Waals surface area contributed by atoms with Crippen LogP contribution in [0.4, 0.5) is 3.89 Å². The number of ether oxygens (including phenoxy) is 1. The lowest BCUT2D eigenvalue weighted by atomic mass is 10.2. The largest absolute Gasteiger partial charge is 0.497 e. The van der Waals surface area contributed by atoms with E-state index in [4.69, 9.17) is 16.3 Å². The highest BCUT2D eigenvalue weighted by Gasteiger charge is 2.06. The third-order valence-corrected chi connectivity index (χ3v) is 2.58. The van der Waals surface area contributed by atoms with Gasteiger partial charge in [0.25, 0.3) is 0 Å². The Kier molecular flexibility index (Phi) is 3.71. The number of hydrogen-bond acceptors (Lipinski definition) is 3. The van der Waals surface area contributed by atoms with Crippen molar-refractivity contribution in [3.05, 3.63) is 35.2 Å². The zero-order valence-electron chi connectivity index (χ0n) is 7.78. The summed E-state index contributed by atoms with van der Waals surface area (Å²) in [7, 11) is -3.21. The van der Waals surface area contributed by atoms with Crippen LogP contribution < -0.4 is 4.74 Å². The third-order valence-electron chi connectivity index (χ3n) is 1.61. The van der Waals surface area contributed by atoms with Crippen LogP contribution in [0.1, 0.15) is 5.56 Å². The molecular weight excluding hydrogens is 243 g/mol. The number of halogens is 2. The molecule has 0 heterocycles. The molecule has 0 aromatic heterocycles. The van der Waals surface area contributed by atoms with Gasteiger partial charge in [-0.15, -0.1) is 3.89 Å².